The summed E-state index contributed by atoms with van der Waals surface area (Å²) in [6, 6.07) is 9.08. The molecule has 0 amide bonds. The Labute approximate surface area is 108 Å². The second-order valence-electron chi connectivity index (χ2n) is 4.43. The van der Waals surface area contributed by atoms with Crippen LogP contribution in [0.2, 0.25) is 0 Å². The first-order valence-corrected chi connectivity index (χ1v) is 7.25. The third-order valence-corrected chi connectivity index (χ3v) is 4.68. The van der Waals surface area contributed by atoms with Crippen molar-refractivity contribution in [1.82, 2.24) is 5.32 Å². The van der Waals surface area contributed by atoms with Crippen molar-refractivity contribution in [1.29, 1.82) is 0 Å². The fourth-order valence-corrected chi connectivity index (χ4v) is 3.72. The second kappa shape index (κ2) is 6.31. The molecule has 0 aromatic heterocycles. The van der Waals surface area contributed by atoms with Gasteiger partial charge in [-0.25, -0.2) is 0 Å². The molecule has 0 radical (unpaired) electrons. The molecule has 1 aromatic carbocycles. The van der Waals surface area contributed by atoms with E-state index >= 15 is 0 Å². The Morgan fingerprint density at radius 3 is 2.71 bits per heavy atom. The summed E-state index contributed by atoms with van der Waals surface area (Å²) in [7, 11) is 1.71. The van der Waals surface area contributed by atoms with E-state index in [1.54, 1.807) is 7.11 Å². The summed E-state index contributed by atoms with van der Waals surface area (Å²) in [5.74, 6) is 0.934. The van der Waals surface area contributed by atoms with Gasteiger partial charge in [0.15, 0.2) is 0 Å². The lowest BCUT2D eigenvalue weighted by Gasteiger charge is -2.19. The van der Waals surface area contributed by atoms with Crippen LogP contribution in [0.1, 0.15) is 26.2 Å². The van der Waals surface area contributed by atoms with Gasteiger partial charge in [-0.3, -0.25) is 0 Å². The molecule has 1 aliphatic carbocycles. The molecule has 1 fully saturated rings. The van der Waals surface area contributed by atoms with Crippen LogP contribution in [0.3, 0.4) is 0 Å². The van der Waals surface area contributed by atoms with Gasteiger partial charge in [-0.05, 0) is 43.7 Å². The molecule has 0 aliphatic heterocycles. The van der Waals surface area contributed by atoms with Crippen LogP contribution in [-0.2, 0) is 0 Å². The summed E-state index contributed by atoms with van der Waals surface area (Å²) in [6.45, 7) is 3.26. The number of methoxy groups -OCH3 is 1. The number of ether oxygens (including phenoxy) is 1. The first-order valence-electron chi connectivity index (χ1n) is 6.37. The SMILES string of the molecule is CCNC1CCCC1Sc1ccc(OC)cc1. The van der Waals surface area contributed by atoms with Crippen molar-refractivity contribution < 1.29 is 4.74 Å². The Morgan fingerprint density at radius 2 is 2.06 bits per heavy atom. The van der Waals surface area contributed by atoms with Gasteiger partial charge in [0.2, 0.25) is 0 Å². The van der Waals surface area contributed by atoms with Gasteiger partial charge in [-0.2, -0.15) is 0 Å². The Kier molecular flexibility index (Phi) is 4.75. The van der Waals surface area contributed by atoms with Crippen molar-refractivity contribution in [2.24, 2.45) is 0 Å². The Hall–Kier alpha value is -0.670. The molecule has 3 heteroatoms. The zero-order valence-electron chi connectivity index (χ0n) is 10.6. The number of nitrogens with one attached hydrogen (secondary N) is 1. The number of hydrogen-bond donors (Lipinski definition) is 1. The lowest BCUT2D eigenvalue weighted by Crippen LogP contribution is -2.33. The number of thioether (sulfide) groups is 1. The first-order chi connectivity index (χ1) is 8.33. The predicted octanol–water partition coefficient (Wildman–Crippen LogP) is 3.32. The molecule has 1 saturated carbocycles. The van der Waals surface area contributed by atoms with E-state index in [4.69, 9.17) is 4.74 Å². The summed E-state index contributed by atoms with van der Waals surface area (Å²) in [5.41, 5.74) is 0. The van der Waals surface area contributed by atoms with E-state index in [0.717, 1.165) is 17.5 Å². The highest BCUT2D eigenvalue weighted by atomic mass is 32.2. The van der Waals surface area contributed by atoms with Crippen molar-refractivity contribution in [2.45, 2.75) is 42.4 Å². The number of benzene rings is 1. The minimum atomic E-state index is 0.687. The molecule has 2 unspecified atom stereocenters. The maximum Gasteiger partial charge on any atom is 0.118 e. The first kappa shape index (κ1) is 12.8. The molecule has 2 rings (SSSR count). The minimum absolute atomic E-state index is 0.687. The van der Waals surface area contributed by atoms with E-state index in [2.05, 4.69) is 24.4 Å². The minimum Gasteiger partial charge on any atom is -0.497 e. The second-order valence-corrected chi connectivity index (χ2v) is 5.74. The highest BCUT2D eigenvalue weighted by molar-refractivity contribution is 8.00. The van der Waals surface area contributed by atoms with Crippen LogP contribution in [0.15, 0.2) is 29.2 Å². The number of rotatable bonds is 5. The molecule has 2 nitrogen and oxygen atoms in total. The molecule has 1 aromatic rings. The lowest BCUT2D eigenvalue weighted by atomic mass is 10.2. The summed E-state index contributed by atoms with van der Waals surface area (Å²) < 4.78 is 5.18. The van der Waals surface area contributed by atoms with Gasteiger partial charge < -0.3 is 10.1 Å². The molecule has 0 spiro atoms. The van der Waals surface area contributed by atoms with Crippen molar-refractivity contribution in [2.75, 3.05) is 13.7 Å². The van der Waals surface area contributed by atoms with Crippen molar-refractivity contribution in [3.63, 3.8) is 0 Å². The molecule has 2 atom stereocenters. The fraction of sp³-hybridized carbons (Fsp3) is 0.571. The quantitative estimate of drug-likeness (QED) is 0.867. The van der Waals surface area contributed by atoms with E-state index in [1.165, 1.54) is 24.2 Å². The Balaban J connectivity index is 1.94. The zero-order chi connectivity index (χ0) is 12.1. The fourth-order valence-electron chi connectivity index (χ4n) is 2.39. The van der Waals surface area contributed by atoms with E-state index in [-0.39, 0.29) is 0 Å². The highest BCUT2D eigenvalue weighted by Crippen LogP contribution is 2.35. The van der Waals surface area contributed by atoms with Gasteiger partial charge in [0.05, 0.1) is 7.11 Å². The molecule has 94 valence electrons. The summed E-state index contributed by atoms with van der Waals surface area (Å²) in [4.78, 5) is 1.35. The average molecular weight is 251 g/mol. The topological polar surface area (TPSA) is 21.3 Å². The van der Waals surface area contributed by atoms with Gasteiger partial charge in [0.1, 0.15) is 5.75 Å². The Morgan fingerprint density at radius 1 is 1.29 bits per heavy atom. The predicted molar refractivity (Wildman–Crippen MR) is 74.0 cm³/mol. The summed E-state index contributed by atoms with van der Waals surface area (Å²) >= 11 is 2.00. The third kappa shape index (κ3) is 3.39. The lowest BCUT2D eigenvalue weighted by molar-refractivity contribution is 0.414. The van der Waals surface area contributed by atoms with Crippen LogP contribution in [0, 0.1) is 0 Å². The van der Waals surface area contributed by atoms with Crippen LogP contribution in [-0.4, -0.2) is 24.9 Å². The largest absolute Gasteiger partial charge is 0.497 e. The molecular weight excluding hydrogens is 230 g/mol. The van der Waals surface area contributed by atoms with Crippen LogP contribution in [0.4, 0.5) is 0 Å². The average Bonchev–Trinajstić information content (AvgIpc) is 2.78. The van der Waals surface area contributed by atoms with Crippen molar-refractivity contribution in [3.05, 3.63) is 24.3 Å². The molecular formula is C14H21NOS. The van der Waals surface area contributed by atoms with Crippen LogP contribution >= 0.6 is 11.8 Å². The van der Waals surface area contributed by atoms with Gasteiger partial charge in [0, 0.05) is 16.2 Å². The van der Waals surface area contributed by atoms with Crippen molar-refractivity contribution in [3.8, 4) is 5.75 Å². The molecule has 17 heavy (non-hydrogen) atoms. The van der Waals surface area contributed by atoms with Crippen LogP contribution in [0.5, 0.6) is 5.75 Å². The smallest absolute Gasteiger partial charge is 0.118 e. The molecule has 0 bridgehead atoms. The van der Waals surface area contributed by atoms with Gasteiger partial charge in [0.25, 0.3) is 0 Å². The monoisotopic (exact) mass is 251 g/mol. The molecule has 1 N–H and O–H groups in total. The number of hydrogen-bond acceptors (Lipinski definition) is 3. The maximum absolute atomic E-state index is 5.18. The Bertz CT molecular complexity index is 339. The van der Waals surface area contributed by atoms with E-state index < -0.39 is 0 Å². The van der Waals surface area contributed by atoms with Crippen LogP contribution < -0.4 is 10.1 Å². The summed E-state index contributed by atoms with van der Waals surface area (Å²) in [6.07, 6.45) is 4.00. The van der Waals surface area contributed by atoms with E-state index in [0.29, 0.717) is 6.04 Å². The molecule has 1 aliphatic rings. The van der Waals surface area contributed by atoms with Crippen molar-refractivity contribution >= 4 is 11.8 Å². The standard InChI is InChI=1S/C14H21NOS/c1-3-15-13-5-4-6-14(13)17-12-9-7-11(16-2)8-10-12/h7-10,13-15H,3-6H2,1-2H3. The maximum atomic E-state index is 5.18. The molecule has 0 saturated heterocycles. The van der Waals surface area contributed by atoms with Gasteiger partial charge in [-0.15, -0.1) is 11.8 Å². The third-order valence-electron chi connectivity index (χ3n) is 3.27. The normalized spacial score (nSPS) is 23.9. The van der Waals surface area contributed by atoms with Crippen LogP contribution in [0.25, 0.3) is 0 Å². The van der Waals surface area contributed by atoms with Gasteiger partial charge in [-0.1, -0.05) is 13.3 Å². The zero-order valence-corrected chi connectivity index (χ0v) is 11.4. The summed E-state index contributed by atoms with van der Waals surface area (Å²) in [5, 5.41) is 4.32. The molecule has 0 heterocycles. The van der Waals surface area contributed by atoms with Gasteiger partial charge >= 0.3 is 0 Å². The highest BCUT2D eigenvalue weighted by Gasteiger charge is 2.27. The van der Waals surface area contributed by atoms with E-state index in [1.807, 2.05) is 23.9 Å². The van der Waals surface area contributed by atoms with E-state index in [9.17, 15) is 0 Å².